The van der Waals surface area contributed by atoms with E-state index in [1.54, 1.807) is 0 Å². The largest absolute Gasteiger partial charge is 0.494 e. The predicted octanol–water partition coefficient (Wildman–Crippen LogP) is 3.49. The van der Waals surface area contributed by atoms with Crippen LogP contribution in [0.4, 0.5) is 0 Å². The van der Waals surface area contributed by atoms with Gasteiger partial charge in [-0.3, -0.25) is 4.99 Å². The molecule has 1 fully saturated rings. The van der Waals surface area contributed by atoms with Gasteiger partial charge in [-0.05, 0) is 57.8 Å². The summed E-state index contributed by atoms with van der Waals surface area (Å²) in [4.78, 5) is 6.93. The molecule has 0 amide bonds. The first kappa shape index (κ1) is 23.0. The van der Waals surface area contributed by atoms with E-state index in [0.717, 1.165) is 29.7 Å². The topological polar surface area (TPSA) is 48.9 Å². The number of ether oxygens (including phenoxy) is 1. The van der Waals surface area contributed by atoms with Crippen molar-refractivity contribution < 1.29 is 4.74 Å². The molecule has 0 unspecified atom stereocenters. The number of piperidine rings is 1. The van der Waals surface area contributed by atoms with Gasteiger partial charge in [0.1, 0.15) is 5.75 Å². The van der Waals surface area contributed by atoms with E-state index in [1.807, 2.05) is 32.2 Å². The molecule has 1 aliphatic heterocycles. The Kier molecular flexibility index (Phi) is 11.7. The molecule has 1 saturated heterocycles. The Morgan fingerprint density at radius 2 is 1.92 bits per heavy atom. The number of likely N-dealkylation sites (tertiary alicyclic amines) is 1. The van der Waals surface area contributed by atoms with Gasteiger partial charge in [-0.15, -0.1) is 24.0 Å². The van der Waals surface area contributed by atoms with Crippen LogP contribution in [-0.4, -0.2) is 50.7 Å². The van der Waals surface area contributed by atoms with Gasteiger partial charge in [0.2, 0.25) is 0 Å². The molecule has 0 spiro atoms. The molecule has 1 aromatic carbocycles. The van der Waals surface area contributed by atoms with Gasteiger partial charge in [0.15, 0.2) is 5.96 Å². The van der Waals surface area contributed by atoms with Gasteiger partial charge in [-0.1, -0.05) is 25.1 Å². The monoisotopic (exact) mass is 474 g/mol. The summed E-state index contributed by atoms with van der Waals surface area (Å²) in [5.41, 5.74) is 1.15. The van der Waals surface area contributed by atoms with Gasteiger partial charge < -0.3 is 20.3 Å². The zero-order valence-electron chi connectivity index (χ0n) is 16.5. The highest BCUT2D eigenvalue weighted by atomic mass is 127. The molecule has 0 atom stereocenters. The Morgan fingerprint density at radius 3 is 2.58 bits per heavy atom. The minimum Gasteiger partial charge on any atom is -0.494 e. The number of nitrogens with zero attached hydrogens (tertiary/aromatic N) is 2. The van der Waals surface area contributed by atoms with Crippen molar-refractivity contribution in [2.45, 2.75) is 39.7 Å². The molecule has 26 heavy (non-hydrogen) atoms. The van der Waals surface area contributed by atoms with Crippen LogP contribution in [0.1, 0.15) is 38.7 Å². The standard InChI is InChI=1S/C20H34N4O.HI/c1-4-12-24-13-10-17(11-14-24)15-22-20(21-3)23-16-18-8-6-7-9-19(18)25-5-2;/h6-9,17H,4-5,10-16H2,1-3H3,(H2,21,22,23);1H. The molecule has 0 aliphatic carbocycles. The van der Waals surface area contributed by atoms with E-state index in [-0.39, 0.29) is 24.0 Å². The molecular weight excluding hydrogens is 439 g/mol. The van der Waals surface area contributed by atoms with Gasteiger partial charge in [0.05, 0.1) is 6.61 Å². The van der Waals surface area contributed by atoms with Crippen LogP contribution >= 0.6 is 24.0 Å². The Balaban J connectivity index is 0.00000338. The number of halogens is 1. The molecule has 5 nitrogen and oxygen atoms in total. The lowest BCUT2D eigenvalue weighted by Gasteiger charge is -2.32. The summed E-state index contributed by atoms with van der Waals surface area (Å²) in [6.07, 6.45) is 3.80. The number of benzene rings is 1. The van der Waals surface area contributed by atoms with E-state index in [4.69, 9.17) is 4.74 Å². The van der Waals surface area contributed by atoms with Crippen molar-refractivity contribution in [3.63, 3.8) is 0 Å². The van der Waals surface area contributed by atoms with Crippen LogP contribution in [0.25, 0.3) is 0 Å². The number of hydrogen-bond acceptors (Lipinski definition) is 3. The summed E-state index contributed by atoms with van der Waals surface area (Å²) in [5.74, 6) is 2.54. The van der Waals surface area contributed by atoms with Gasteiger partial charge in [-0.25, -0.2) is 0 Å². The van der Waals surface area contributed by atoms with Gasteiger partial charge in [0.25, 0.3) is 0 Å². The smallest absolute Gasteiger partial charge is 0.191 e. The number of hydrogen-bond donors (Lipinski definition) is 2. The zero-order chi connectivity index (χ0) is 17.9. The minimum atomic E-state index is 0. The maximum atomic E-state index is 5.68. The van der Waals surface area contributed by atoms with E-state index in [9.17, 15) is 0 Å². The van der Waals surface area contributed by atoms with E-state index in [1.165, 1.54) is 38.9 Å². The molecule has 1 heterocycles. The Morgan fingerprint density at radius 1 is 1.19 bits per heavy atom. The SMILES string of the molecule is CCCN1CCC(CNC(=NC)NCc2ccccc2OCC)CC1.I. The molecule has 0 radical (unpaired) electrons. The third-order valence-corrected chi connectivity index (χ3v) is 4.75. The van der Waals surface area contributed by atoms with Crippen molar-refractivity contribution in [1.29, 1.82) is 0 Å². The van der Waals surface area contributed by atoms with Crippen molar-refractivity contribution in [2.24, 2.45) is 10.9 Å². The van der Waals surface area contributed by atoms with E-state index in [0.29, 0.717) is 13.2 Å². The van der Waals surface area contributed by atoms with Crippen LogP contribution in [0, 0.1) is 5.92 Å². The fraction of sp³-hybridized carbons (Fsp3) is 0.650. The first-order valence-corrected chi connectivity index (χ1v) is 9.64. The van der Waals surface area contributed by atoms with Crippen molar-refractivity contribution in [2.75, 3.05) is 39.8 Å². The number of para-hydroxylation sites is 1. The number of guanidine groups is 1. The van der Waals surface area contributed by atoms with Crippen LogP contribution in [0.3, 0.4) is 0 Å². The fourth-order valence-corrected chi connectivity index (χ4v) is 3.32. The summed E-state index contributed by atoms with van der Waals surface area (Å²) in [6.45, 7) is 10.4. The second-order valence-corrected chi connectivity index (χ2v) is 6.63. The highest BCUT2D eigenvalue weighted by molar-refractivity contribution is 14.0. The maximum absolute atomic E-state index is 5.68. The summed E-state index contributed by atoms with van der Waals surface area (Å²) in [5, 5.41) is 6.89. The van der Waals surface area contributed by atoms with Crippen molar-refractivity contribution >= 4 is 29.9 Å². The fourth-order valence-electron chi connectivity index (χ4n) is 3.32. The molecule has 2 rings (SSSR count). The normalized spacial score (nSPS) is 16.0. The maximum Gasteiger partial charge on any atom is 0.191 e. The third kappa shape index (κ3) is 7.70. The van der Waals surface area contributed by atoms with Gasteiger partial charge in [0, 0.05) is 25.7 Å². The minimum absolute atomic E-state index is 0. The summed E-state index contributed by atoms with van der Waals surface area (Å²) in [7, 11) is 1.83. The zero-order valence-corrected chi connectivity index (χ0v) is 18.8. The lowest BCUT2D eigenvalue weighted by atomic mass is 9.97. The van der Waals surface area contributed by atoms with E-state index >= 15 is 0 Å². The predicted molar refractivity (Wildman–Crippen MR) is 121 cm³/mol. The first-order valence-electron chi connectivity index (χ1n) is 9.64. The molecule has 1 aliphatic rings. The van der Waals surface area contributed by atoms with Crippen molar-refractivity contribution in [3.05, 3.63) is 29.8 Å². The van der Waals surface area contributed by atoms with Crippen LogP contribution in [-0.2, 0) is 6.54 Å². The Bertz CT molecular complexity index is 530. The van der Waals surface area contributed by atoms with Crippen LogP contribution in [0.15, 0.2) is 29.3 Å². The number of nitrogens with one attached hydrogen (secondary N) is 2. The second kappa shape index (κ2) is 13.2. The quantitative estimate of drug-likeness (QED) is 0.344. The van der Waals surface area contributed by atoms with Crippen LogP contribution in [0.5, 0.6) is 5.75 Å². The van der Waals surface area contributed by atoms with E-state index < -0.39 is 0 Å². The highest BCUT2D eigenvalue weighted by Gasteiger charge is 2.18. The molecule has 2 N–H and O–H groups in total. The van der Waals surface area contributed by atoms with E-state index in [2.05, 4.69) is 33.5 Å². The Labute approximate surface area is 176 Å². The average Bonchev–Trinajstić information content (AvgIpc) is 2.65. The highest BCUT2D eigenvalue weighted by Crippen LogP contribution is 2.18. The molecule has 1 aromatic rings. The van der Waals surface area contributed by atoms with Crippen molar-refractivity contribution in [3.8, 4) is 5.75 Å². The molecular formula is C20H35IN4O. The van der Waals surface area contributed by atoms with Gasteiger partial charge >= 0.3 is 0 Å². The molecule has 0 saturated carbocycles. The molecule has 6 heteroatoms. The Hall–Kier alpha value is -1.02. The van der Waals surface area contributed by atoms with Crippen LogP contribution < -0.4 is 15.4 Å². The number of aliphatic imine (C=N–C) groups is 1. The number of rotatable bonds is 8. The molecule has 0 bridgehead atoms. The third-order valence-electron chi connectivity index (χ3n) is 4.75. The lowest BCUT2D eigenvalue weighted by Crippen LogP contribution is -2.42. The lowest BCUT2D eigenvalue weighted by molar-refractivity contribution is 0.185. The van der Waals surface area contributed by atoms with Crippen LogP contribution in [0.2, 0.25) is 0 Å². The second-order valence-electron chi connectivity index (χ2n) is 6.63. The van der Waals surface area contributed by atoms with Gasteiger partial charge in [-0.2, -0.15) is 0 Å². The summed E-state index contributed by atoms with van der Waals surface area (Å²) < 4.78 is 5.68. The van der Waals surface area contributed by atoms with Crippen molar-refractivity contribution in [1.82, 2.24) is 15.5 Å². The summed E-state index contributed by atoms with van der Waals surface area (Å²) >= 11 is 0. The molecule has 0 aromatic heterocycles. The first-order chi connectivity index (χ1) is 12.3. The molecule has 148 valence electrons. The summed E-state index contributed by atoms with van der Waals surface area (Å²) in [6, 6.07) is 8.15. The average molecular weight is 474 g/mol.